The second-order valence-corrected chi connectivity index (χ2v) is 15.5. The number of rotatable bonds is 10. The Morgan fingerprint density at radius 2 is 1.71 bits per heavy atom. The van der Waals surface area contributed by atoms with Crippen LogP contribution in [-0.4, -0.2) is 74.9 Å². The maximum atomic E-state index is 14.9. The number of nitrogens with zero attached hydrogens (tertiary/aromatic N) is 3. The number of likely N-dealkylation sites (tertiary alicyclic amines) is 2. The first-order valence-corrected chi connectivity index (χ1v) is 19.3. The van der Waals surface area contributed by atoms with Gasteiger partial charge in [-0.05, 0) is 70.1 Å². The number of Topliss-reactive ketones (excluding diaryl/α,β-unsaturated/α-hetero) is 1. The Bertz CT molecular complexity index is 1880. The largest absolute Gasteiger partial charge is 0.490 e. The van der Waals surface area contributed by atoms with E-state index in [0.717, 1.165) is 34.7 Å². The summed E-state index contributed by atoms with van der Waals surface area (Å²) in [6.07, 6.45) is -6.20. The van der Waals surface area contributed by atoms with Crippen LogP contribution >= 0.6 is 11.3 Å². The lowest BCUT2D eigenvalue weighted by Crippen LogP contribution is -2.68. The first-order valence-electron chi connectivity index (χ1n) is 18.4. The number of hydrogen-bond acceptors (Lipinski definition) is 8. The molecule has 6 rings (SSSR count). The van der Waals surface area contributed by atoms with Crippen molar-refractivity contribution in [3.8, 4) is 11.5 Å². The molecule has 1 aromatic carbocycles. The molecule has 4 heterocycles. The molecule has 1 saturated carbocycles. The predicted octanol–water partition coefficient (Wildman–Crippen LogP) is 8.05. The van der Waals surface area contributed by atoms with Crippen LogP contribution in [0.4, 0.5) is 26.3 Å². The minimum atomic E-state index is -4.91. The zero-order valence-electron chi connectivity index (χ0n) is 30.4. The summed E-state index contributed by atoms with van der Waals surface area (Å²) in [5.41, 5.74) is -5.00. The zero-order valence-corrected chi connectivity index (χ0v) is 31.2. The molecule has 4 atom stereocenters. The lowest BCUT2D eigenvalue weighted by Gasteiger charge is -2.51. The van der Waals surface area contributed by atoms with E-state index in [0.29, 0.717) is 48.3 Å². The van der Waals surface area contributed by atoms with Crippen molar-refractivity contribution in [2.75, 3.05) is 19.6 Å². The lowest BCUT2D eigenvalue weighted by molar-refractivity contribution is -0.163. The molecule has 2 aromatic heterocycles. The molecule has 3 aliphatic rings. The van der Waals surface area contributed by atoms with Crippen LogP contribution in [0.25, 0.3) is 0 Å². The summed E-state index contributed by atoms with van der Waals surface area (Å²) in [5, 5.41) is 13.2. The molecule has 0 spiro atoms. The van der Waals surface area contributed by atoms with Crippen molar-refractivity contribution in [1.82, 2.24) is 14.8 Å². The number of para-hydroxylation sites is 1. The van der Waals surface area contributed by atoms with Gasteiger partial charge in [-0.2, -0.15) is 26.3 Å². The van der Waals surface area contributed by atoms with Crippen molar-refractivity contribution in [1.29, 1.82) is 0 Å². The number of benzene rings is 1. The normalized spacial score (nSPS) is 24.4. The van der Waals surface area contributed by atoms with E-state index >= 15 is 0 Å². The Morgan fingerprint density at radius 1 is 0.982 bits per heavy atom. The van der Waals surface area contributed by atoms with Crippen LogP contribution in [0.1, 0.15) is 98.1 Å². The number of carbonyl (C=O) groups excluding carboxylic acids is 3. The summed E-state index contributed by atoms with van der Waals surface area (Å²) in [6, 6.07) is 8.44. The van der Waals surface area contributed by atoms with Crippen molar-refractivity contribution >= 4 is 28.9 Å². The zero-order chi connectivity index (χ0) is 39.8. The van der Waals surface area contributed by atoms with Gasteiger partial charge in [0.1, 0.15) is 27.9 Å². The summed E-state index contributed by atoms with van der Waals surface area (Å²) >= 11 is 0.373. The first-order chi connectivity index (χ1) is 26.0. The highest BCUT2D eigenvalue weighted by Gasteiger charge is 2.57. The fourth-order valence-corrected chi connectivity index (χ4v) is 8.92. The van der Waals surface area contributed by atoms with Gasteiger partial charge in [0.25, 0.3) is 11.8 Å². The number of alkyl halides is 6. The van der Waals surface area contributed by atoms with E-state index in [1.54, 1.807) is 38.1 Å². The standard InChI is InChI=1S/C39H43F6N3O6S/c1-3-8-31-37(54-27-22-32(55-23-27)39(43,44)45,14-7-18-48(31)34(50)33-29(38(40,41)42)10-6-17-46-33)35(51)47-19-15-36(52,16-20-47)28-9-4-5-11-30(28)53-26-13-12-25(21-26)24(2)49/h4-6,9-11,17,22-23,25-26,31,52H,3,7-8,12-16,18-21H2,1-2H3/t25-,26+,31-,37+/m1/s1. The van der Waals surface area contributed by atoms with Crippen molar-refractivity contribution in [3.63, 3.8) is 0 Å². The highest BCUT2D eigenvalue weighted by molar-refractivity contribution is 7.10. The second-order valence-electron chi connectivity index (χ2n) is 14.6. The lowest BCUT2D eigenvalue weighted by atomic mass is 9.78. The molecular weight excluding hydrogens is 752 g/mol. The number of aromatic nitrogens is 1. The van der Waals surface area contributed by atoms with Crippen LogP contribution in [-0.2, 0) is 27.5 Å². The molecule has 2 saturated heterocycles. The second kappa shape index (κ2) is 15.8. The number of hydrogen-bond donors (Lipinski definition) is 1. The maximum absolute atomic E-state index is 14.9. The SMILES string of the molecule is CCC[C@H]1N(C(=O)c2ncccc2C(F)(F)F)CCC[C@@]1(Oc1csc(C(F)(F)F)c1)C(=O)N1CCC(O)(c2ccccc2O[C@H]2CC[C@@H](C(C)=O)C2)CC1. The Balaban J connectivity index is 1.31. The molecule has 2 aliphatic heterocycles. The van der Waals surface area contributed by atoms with Gasteiger partial charge in [0.2, 0.25) is 5.60 Å². The average Bonchev–Trinajstić information content (AvgIpc) is 3.82. The molecule has 55 heavy (non-hydrogen) atoms. The van der Waals surface area contributed by atoms with Crippen LogP contribution in [0.2, 0.25) is 0 Å². The van der Waals surface area contributed by atoms with Gasteiger partial charge in [0.05, 0.1) is 23.3 Å². The molecule has 9 nitrogen and oxygen atoms in total. The molecule has 3 fully saturated rings. The molecule has 1 aliphatic carbocycles. The summed E-state index contributed by atoms with van der Waals surface area (Å²) in [7, 11) is 0. The van der Waals surface area contributed by atoms with Gasteiger partial charge >= 0.3 is 12.4 Å². The van der Waals surface area contributed by atoms with Crippen molar-refractivity contribution in [2.45, 2.75) is 107 Å². The Kier molecular flexibility index (Phi) is 11.6. The minimum absolute atomic E-state index is 0.00664. The van der Waals surface area contributed by atoms with Gasteiger partial charge in [0, 0.05) is 55.2 Å². The van der Waals surface area contributed by atoms with E-state index in [9.17, 15) is 45.8 Å². The van der Waals surface area contributed by atoms with E-state index < -0.39 is 57.5 Å². The molecular formula is C39H43F6N3O6S. The fraction of sp³-hybridized carbons (Fsp3) is 0.538. The third kappa shape index (κ3) is 8.35. The van der Waals surface area contributed by atoms with E-state index in [-0.39, 0.29) is 75.3 Å². The van der Waals surface area contributed by atoms with Gasteiger partial charge in [-0.3, -0.25) is 19.4 Å². The fourth-order valence-electron chi connectivity index (χ4n) is 8.24. The van der Waals surface area contributed by atoms with Crippen LogP contribution in [0, 0.1) is 5.92 Å². The predicted molar refractivity (Wildman–Crippen MR) is 189 cm³/mol. The van der Waals surface area contributed by atoms with Crippen LogP contribution in [0.5, 0.6) is 11.5 Å². The van der Waals surface area contributed by atoms with Crippen molar-refractivity contribution in [2.24, 2.45) is 5.92 Å². The van der Waals surface area contributed by atoms with Gasteiger partial charge in [0.15, 0.2) is 0 Å². The number of aliphatic hydroxyl groups is 1. The quantitative estimate of drug-likeness (QED) is 0.207. The summed E-state index contributed by atoms with van der Waals surface area (Å²) in [6.45, 7) is 3.26. The molecule has 16 heteroatoms. The number of carbonyl (C=O) groups is 3. The topological polar surface area (TPSA) is 109 Å². The molecule has 1 N–H and O–H groups in total. The number of thiophene rings is 1. The number of amides is 2. The molecule has 3 aromatic rings. The smallest absolute Gasteiger partial charge is 0.425 e. The summed E-state index contributed by atoms with van der Waals surface area (Å²) in [4.78, 5) is 46.4. The maximum Gasteiger partial charge on any atom is 0.425 e. The third-order valence-electron chi connectivity index (χ3n) is 11.0. The highest BCUT2D eigenvalue weighted by atomic mass is 32.1. The minimum Gasteiger partial charge on any atom is -0.490 e. The first kappa shape index (κ1) is 40.5. The molecule has 0 radical (unpaired) electrons. The average molecular weight is 796 g/mol. The van der Waals surface area contributed by atoms with E-state index in [1.807, 2.05) is 0 Å². The van der Waals surface area contributed by atoms with Crippen LogP contribution in [0.15, 0.2) is 54.0 Å². The Morgan fingerprint density at radius 3 is 2.35 bits per heavy atom. The van der Waals surface area contributed by atoms with E-state index in [1.165, 1.54) is 4.90 Å². The van der Waals surface area contributed by atoms with Crippen molar-refractivity contribution in [3.05, 3.63) is 75.7 Å². The molecule has 2 amide bonds. The van der Waals surface area contributed by atoms with Gasteiger partial charge in [-0.25, -0.2) is 0 Å². The number of ether oxygens (including phenoxy) is 2. The third-order valence-corrected chi connectivity index (χ3v) is 12.0. The number of pyridine rings is 1. The number of halogens is 6. The van der Waals surface area contributed by atoms with E-state index in [4.69, 9.17) is 9.47 Å². The summed E-state index contributed by atoms with van der Waals surface area (Å²) in [5.74, 6) is -1.49. The highest BCUT2D eigenvalue weighted by Crippen LogP contribution is 2.45. The summed E-state index contributed by atoms with van der Waals surface area (Å²) < 4.78 is 95.9. The molecule has 0 unspecified atom stereocenters. The Hall–Kier alpha value is -4.18. The van der Waals surface area contributed by atoms with Crippen LogP contribution in [0.3, 0.4) is 0 Å². The van der Waals surface area contributed by atoms with Gasteiger partial charge in [-0.15, -0.1) is 11.3 Å². The number of ketones is 1. The number of piperidine rings is 2. The van der Waals surface area contributed by atoms with E-state index in [2.05, 4.69) is 4.98 Å². The monoisotopic (exact) mass is 795 g/mol. The van der Waals surface area contributed by atoms with Crippen LogP contribution < -0.4 is 9.47 Å². The van der Waals surface area contributed by atoms with Gasteiger partial charge in [-0.1, -0.05) is 31.5 Å². The Labute approximate surface area is 318 Å². The molecule has 0 bridgehead atoms. The van der Waals surface area contributed by atoms with Crippen molar-refractivity contribution < 1.29 is 55.3 Å². The molecule has 298 valence electrons. The van der Waals surface area contributed by atoms with Gasteiger partial charge < -0.3 is 24.4 Å².